The number of hydrogen-bond acceptors (Lipinski definition) is 3. The third-order valence-corrected chi connectivity index (χ3v) is 3.59. The highest BCUT2D eigenvalue weighted by Gasteiger charge is 2.32. The number of nitrogens with two attached hydrogens (primary N) is 1. The Bertz CT molecular complexity index is 330. The second kappa shape index (κ2) is 4.95. The van der Waals surface area contributed by atoms with Crippen LogP contribution in [0.25, 0.3) is 0 Å². The number of hydrogen-bond donors (Lipinski definition) is 1. The van der Waals surface area contributed by atoms with E-state index >= 15 is 0 Å². The van der Waals surface area contributed by atoms with Gasteiger partial charge in [-0.2, -0.15) is 5.10 Å². The normalized spacial score (nSPS) is 19.7. The van der Waals surface area contributed by atoms with Crippen LogP contribution < -0.4 is 5.73 Å². The van der Waals surface area contributed by atoms with E-state index in [4.69, 9.17) is 5.73 Å². The smallest absolute Gasteiger partial charge is 0.138 e. The summed E-state index contributed by atoms with van der Waals surface area (Å²) in [7, 11) is 0. The largest absolute Gasteiger partial charge is 0.327 e. The SMILES string of the molecule is CCCn1ncnc1CC(N)C(C)C1CC1. The van der Waals surface area contributed by atoms with Crippen LogP contribution >= 0.6 is 0 Å². The van der Waals surface area contributed by atoms with Gasteiger partial charge in [0.05, 0.1) is 0 Å². The molecule has 2 unspecified atom stereocenters. The predicted octanol–water partition coefficient (Wildman–Crippen LogP) is 1.60. The maximum atomic E-state index is 6.23. The molecule has 0 aromatic carbocycles. The molecule has 0 saturated heterocycles. The summed E-state index contributed by atoms with van der Waals surface area (Å²) in [5, 5.41) is 4.23. The Balaban J connectivity index is 1.93. The molecule has 0 radical (unpaired) electrons. The van der Waals surface area contributed by atoms with E-state index in [-0.39, 0.29) is 6.04 Å². The van der Waals surface area contributed by atoms with Gasteiger partial charge in [0, 0.05) is 19.0 Å². The molecule has 2 atom stereocenters. The van der Waals surface area contributed by atoms with E-state index in [1.165, 1.54) is 12.8 Å². The average molecular weight is 222 g/mol. The molecule has 2 rings (SSSR count). The topological polar surface area (TPSA) is 56.7 Å². The first-order chi connectivity index (χ1) is 7.72. The highest BCUT2D eigenvalue weighted by atomic mass is 15.3. The Morgan fingerprint density at radius 3 is 2.94 bits per heavy atom. The fourth-order valence-corrected chi connectivity index (χ4v) is 2.21. The van der Waals surface area contributed by atoms with Crippen molar-refractivity contribution in [2.45, 2.75) is 52.1 Å². The summed E-state index contributed by atoms with van der Waals surface area (Å²) in [6.45, 7) is 5.36. The molecule has 0 aliphatic heterocycles. The van der Waals surface area contributed by atoms with Gasteiger partial charge < -0.3 is 5.73 Å². The van der Waals surface area contributed by atoms with Crippen molar-refractivity contribution in [3.05, 3.63) is 12.2 Å². The summed E-state index contributed by atoms with van der Waals surface area (Å²) in [5.41, 5.74) is 6.23. The zero-order valence-corrected chi connectivity index (χ0v) is 10.3. The van der Waals surface area contributed by atoms with Crippen LogP contribution in [0.5, 0.6) is 0 Å². The van der Waals surface area contributed by atoms with E-state index in [9.17, 15) is 0 Å². The third-order valence-electron chi connectivity index (χ3n) is 3.59. The predicted molar refractivity (Wildman–Crippen MR) is 63.9 cm³/mol. The van der Waals surface area contributed by atoms with Crippen LogP contribution in [0.1, 0.15) is 38.9 Å². The summed E-state index contributed by atoms with van der Waals surface area (Å²) >= 11 is 0. The molecule has 0 bridgehead atoms. The lowest BCUT2D eigenvalue weighted by molar-refractivity contribution is 0.391. The van der Waals surface area contributed by atoms with Gasteiger partial charge in [-0.1, -0.05) is 13.8 Å². The number of rotatable bonds is 6. The lowest BCUT2D eigenvalue weighted by Gasteiger charge is -2.19. The maximum Gasteiger partial charge on any atom is 0.138 e. The van der Waals surface area contributed by atoms with Gasteiger partial charge in [0.15, 0.2) is 0 Å². The highest BCUT2D eigenvalue weighted by Crippen LogP contribution is 2.38. The first kappa shape index (κ1) is 11.6. The number of nitrogens with zero attached hydrogens (tertiary/aromatic N) is 3. The lowest BCUT2D eigenvalue weighted by atomic mass is 9.95. The molecule has 1 aliphatic rings. The van der Waals surface area contributed by atoms with Gasteiger partial charge in [-0.15, -0.1) is 0 Å². The number of aromatic nitrogens is 3. The summed E-state index contributed by atoms with van der Waals surface area (Å²) in [4.78, 5) is 4.31. The van der Waals surface area contributed by atoms with Gasteiger partial charge >= 0.3 is 0 Å². The number of aryl methyl sites for hydroxylation is 1. The minimum atomic E-state index is 0.229. The summed E-state index contributed by atoms with van der Waals surface area (Å²) in [6.07, 6.45) is 6.30. The molecule has 90 valence electrons. The standard InChI is InChI=1S/C12H22N4/c1-3-6-16-12(14-8-15-16)7-11(13)9(2)10-4-5-10/h8-11H,3-7,13H2,1-2H3. The molecule has 0 amide bonds. The van der Waals surface area contributed by atoms with Crippen LogP contribution in [0.2, 0.25) is 0 Å². The average Bonchev–Trinajstić information content (AvgIpc) is 3.03. The van der Waals surface area contributed by atoms with Crippen molar-refractivity contribution in [1.29, 1.82) is 0 Å². The Morgan fingerprint density at radius 2 is 2.31 bits per heavy atom. The molecule has 1 saturated carbocycles. The lowest BCUT2D eigenvalue weighted by Crippen LogP contribution is -2.33. The van der Waals surface area contributed by atoms with Crippen LogP contribution in [-0.2, 0) is 13.0 Å². The van der Waals surface area contributed by atoms with Crippen LogP contribution in [0, 0.1) is 11.8 Å². The van der Waals surface area contributed by atoms with E-state index in [0.29, 0.717) is 5.92 Å². The van der Waals surface area contributed by atoms with E-state index in [1.54, 1.807) is 6.33 Å². The third kappa shape index (κ3) is 2.61. The maximum absolute atomic E-state index is 6.23. The van der Waals surface area contributed by atoms with E-state index < -0.39 is 0 Å². The Morgan fingerprint density at radius 1 is 1.56 bits per heavy atom. The van der Waals surface area contributed by atoms with Gasteiger partial charge in [0.1, 0.15) is 12.2 Å². The molecule has 1 aromatic heterocycles. The molecule has 1 aromatic rings. The molecule has 1 fully saturated rings. The van der Waals surface area contributed by atoms with Crippen molar-refractivity contribution >= 4 is 0 Å². The zero-order valence-electron chi connectivity index (χ0n) is 10.3. The van der Waals surface area contributed by atoms with Crippen molar-refractivity contribution < 1.29 is 0 Å². The fraction of sp³-hybridized carbons (Fsp3) is 0.833. The van der Waals surface area contributed by atoms with Crippen molar-refractivity contribution in [3.8, 4) is 0 Å². The van der Waals surface area contributed by atoms with Crippen LogP contribution in [0.3, 0.4) is 0 Å². The van der Waals surface area contributed by atoms with Gasteiger partial charge in [-0.3, -0.25) is 4.68 Å². The van der Waals surface area contributed by atoms with Gasteiger partial charge in [0.2, 0.25) is 0 Å². The van der Waals surface area contributed by atoms with Crippen LogP contribution in [0.15, 0.2) is 6.33 Å². The monoisotopic (exact) mass is 222 g/mol. The summed E-state index contributed by atoms with van der Waals surface area (Å²) in [5.74, 6) is 2.52. The van der Waals surface area contributed by atoms with E-state index in [1.807, 2.05) is 4.68 Å². The van der Waals surface area contributed by atoms with Gasteiger partial charge in [-0.05, 0) is 31.1 Å². The quantitative estimate of drug-likeness (QED) is 0.795. The first-order valence-electron chi connectivity index (χ1n) is 6.34. The summed E-state index contributed by atoms with van der Waals surface area (Å²) < 4.78 is 1.99. The molecular weight excluding hydrogens is 200 g/mol. The molecule has 4 heteroatoms. The van der Waals surface area contributed by atoms with Crippen molar-refractivity contribution in [2.75, 3.05) is 0 Å². The zero-order chi connectivity index (χ0) is 11.5. The minimum absolute atomic E-state index is 0.229. The van der Waals surface area contributed by atoms with Gasteiger partial charge in [0.25, 0.3) is 0 Å². The minimum Gasteiger partial charge on any atom is -0.327 e. The highest BCUT2D eigenvalue weighted by molar-refractivity contribution is 4.93. The second-order valence-electron chi connectivity index (χ2n) is 4.96. The summed E-state index contributed by atoms with van der Waals surface area (Å²) in [6, 6.07) is 0.229. The molecule has 2 N–H and O–H groups in total. The van der Waals surface area contributed by atoms with Gasteiger partial charge in [-0.25, -0.2) is 4.98 Å². The Hall–Kier alpha value is -0.900. The Labute approximate surface area is 97.2 Å². The van der Waals surface area contributed by atoms with Crippen molar-refractivity contribution in [1.82, 2.24) is 14.8 Å². The molecule has 1 aliphatic carbocycles. The molecule has 1 heterocycles. The first-order valence-corrected chi connectivity index (χ1v) is 6.34. The van der Waals surface area contributed by atoms with E-state index in [0.717, 1.165) is 31.1 Å². The van der Waals surface area contributed by atoms with E-state index in [2.05, 4.69) is 23.9 Å². The molecule has 16 heavy (non-hydrogen) atoms. The van der Waals surface area contributed by atoms with Crippen molar-refractivity contribution in [2.24, 2.45) is 17.6 Å². The van der Waals surface area contributed by atoms with Crippen LogP contribution in [0.4, 0.5) is 0 Å². The fourth-order valence-electron chi connectivity index (χ4n) is 2.21. The molecular formula is C12H22N4. The Kier molecular flexibility index (Phi) is 3.59. The second-order valence-corrected chi connectivity index (χ2v) is 4.96. The van der Waals surface area contributed by atoms with Crippen molar-refractivity contribution in [3.63, 3.8) is 0 Å². The molecule has 4 nitrogen and oxygen atoms in total. The van der Waals surface area contributed by atoms with Crippen LogP contribution in [-0.4, -0.2) is 20.8 Å². The molecule has 0 spiro atoms.